The predicted octanol–water partition coefficient (Wildman–Crippen LogP) is 3.29. The molecule has 0 aliphatic heterocycles. The molecule has 5 heteroatoms. The Morgan fingerprint density at radius 2 is 2.00 bits per heavy atom. The lowest BCUT2D eigenvalue weighted by Gasteiger charge is -2.25. The van der Waals surface area contributed by atoms with Gasteiger partial charge in [0.25, 0.3) is 0 Å². The molecule has 0 aromatic heterocycles. The topological polar surface area (TPSA) is 40.5 Å². The van der Waals surface area contributed by atoms with Crippen molar-refractivity contribution in [2.24, 2.45) is 5.92 Å². The molecule has 0 bridgehead atoms. The molecule has 19 heavy (non-hydrogen) atoms. The van der Waals surface area contributed by atoms with Crippen LogP contribution in [0.3, 0.4) is 0 Å². The highest BCUT2D eigenvalue weighted by atomic mass is 19.1. The molecule has 0 aliphatic rings. The molecule has 0 aliphatic carbocycles. The summed E-state index contributed by atoms with van der Waals surface area (Å²) in [6.45, 7) is 4.84. The van der Waals surface area contributed by atoms with E-state index in [-0.39, 0.29) is 18.7 Å². The third-order valence-corrected chi connectivity index (χ3v) is 2.82. The van der Waals surface area contributed by atoms with Gasteiger partial charge in [-0.1, -0.05) is 13.8 Å². The maximum Gasteiger partial charge on any atom is 0.305 e. The first kappa shape index (κ1) is 15.4. The van der Waals surface area contributed by atoms with Crippen molar-refractivity contribution >= 4 is 11.7 Å². The van der Waals surface area contributed by atoms with Gasteiger partial charge < -0.3 is 10.0 Å². The van der Waals surface area contributed by atoms with Gasteiger partial charge in [-0.05, 0) is 24.5 Å². The van der Waals surface area contributed by atoms with Crippen LogP contribution in [-0.2, 0) is 4.79 Å². The van der Waals surface area contributed by atoms with Crippen LogP contribution in [0.25, 0.3) is 0 Å². The molecule has 0 radical (unpaired) electrons. The van der Waals surface area contributed by atoms with E-state index in [0.29, 0.717) is 12.5 Å². The van der Waals surface area contributed by atoms with E-state index in [4.69, 9.17) is 5.11 Å². The predicted molar refractivity (Wildman–Crippen MR) is 70.3 cm³/mol. The molecular formula is C14H19F2NO2. The lowest BCUT2D eigenvalue weighted by Crippen LogP contribution is -2.29. The number of anilines is 1. The van der Waals surface area contributed by atoms with Gasteiger partial charge in [0.05, 0.1) is 12.1 Å². The van der Waals surface area contributed by atoms with Gasteiger partial charge in [0.1, 0.15) is 11.6 Å². The molecule has 1 aromatic rings. The van der Waals surface area contributed by atoms with Crippen molar-refractivity contribution in [3.05, 3.63) is 29.8 Å². The minimum Gasteiger partial charge on any atom is -0.481 e. The second kappa shape index (κ2) is 7.07. The van der Waals surface area contributed by atoms with Crippen LogP contribution in [0, 0.1) is 17.6 Å². The maximum atomic E-state index is 13.7. The van der Waals surface area contributed by atoms with Crippen molar-refractivity contribution in [1.29, 1.82) is 0 Å². The van der Waals surface area contributed by atoms with Crippen molar-refractivity contribution in [1.82, 2.24) is 0 Å². The molecule has 1 N–H and O–H groups in total. The van der Waals surface area contributed by atoms with E-state index in [2.05, 4.69) is 0 Å². The molecule has 0 atom stereocenters. The number of benzene rings is 1. The highest BCUT2D eigenvalue weighted by molar-refractivity contribution is 5.67. The Hall–Kier alpha value is -1.65. The highest BCUT2D eigenvalue weighted by Crippen LogP contribution is 2.21. The maximum absolute atomic E-state index is 13.7. The summed E-state index contributed by atoms with van der Waals surface area (Å²) in [5.74, 6) is -1.80. The number of carbonyl (C=O) groups is 1. The first-order chi connectivity index (χ1) is 8.90. The van der Waals surface area contributed by atoms with Gasteiger partial charge in [-0.15, -0.1) is 0 Å². The lowest BCUT2D eigenvalue weighted by atomic mass is 10.1. The van der Waals surface area contributed by atoms with Gasteiger partial charge >= 0.3 is 5.97 Å². The zero-order valence-corrected chi connectivity index (χ0v) is 11.2. The molecule has 0 heterocycles. The second-order valence-corrected chi connectivity index (χ2v) is 4.91. The number of carboxylic acids is 1. The van der Waals surface area contributed by atoms with Gasteiger partial charge in [-0.3, -0.25) is 4.79 Å². The summed E-state index contributed by atoms with van der Waals surface area (Å²) in [5.41, 5.74) is 0.253. The van der Waals surface area contributed by atoms with Crippen molar-refractivity contribution in [3.63, 3.8) is 0 Å². The number of nitrogens with zero attached hydrogens (tertiary/aromatic N) is 1. The molecule has 0 unspecified atom stereocenters. The Kier molecular flexibility index (Phi) is 5.73. The molecule has 3 nitrogen and oxygen atoms in total. The summed E-state index contributed by atoms with van der Waals surface area (Å²) in [4.78, 5) is 12.3. The van der Waals surface area contributed by atoms with E-state index in [0.717, 1.165) is 12.5 Å². The summed E-state index contributed by atoms with van der Waals surface area (Å²) in [5, 5.41) is 8.72. The van der Waals surface area contributed by atoms with E-state index in [1.807, 2.05) is 13.8 Å². The van der Waals surface area contributed by atoms with Crippen LogP contribution in [0.15, 0.2) is 18.2 Å². The minimum atomic E-state index is -0.933. The Morgan fingerprint density at radius 1 is 1.32 bits per heavy atom. The van der Waals surface area contributed by atoms with Crippen molar-refractivity contribution in [2.45, 2.75) is 26.7 Å². The summed E-state index contributed by atoms with van der Waals surface area (Å²) in [7, 11) is 0. The van der Waals surface area contributed by atoms with Crippen LogP contribution in [0.1, 0.15) is 26.7 Å². The Bertz CT molecular complexity index is 435. The average Bonchev–Trinajstić information content (AvgIpc) is 2.30. The van der Waals surface area contributed by atoms with Crippen LogP contribution >= 0.6 is 0 Å². The van der Waals surface area contributed by atoms with Crippen molar-refractivity contribution < 1.29 is 18.7 Å². The molecule has 0 saturated carbocycles. The van der Waals surface area contributed by atoms with Gasteiger partial charge in [-0.25, -0.2) is 8.78 Å². The number of halogens is 2. The lowest BCUT2D eigenvalue weighted by molar-refractivity contribution is -0.136. The molecule has 0 spiro atoms. The SMILES string of the molecule is CC(C)CCN(CCC(=O)O)c1ccc(F)cc1F. The number of rotatable bonds is 7. The molecule has 0 amide bonds. The van der Waals surface area contributed by atoms with Crippen LogP contribution in [0.5, 0.6) is 0 Å². The number of hydrogen-bond acceptors (Lipinski definition) is 2. The smallest absolute Gasteiger partial charge is 0.305 e. The van der Waals surface area contributed by atoms with Crippen LogP contribution in [0.4, 0.5) is 14.5 Å². The van der Waals surface area contributed by atoms with Gasteiger partial charge in [-0.2, -0.15) is 0 Å². The van der Waals surface area contributed by atoms with E-state index in [1.54, 1.807) is 4.90 Å². The van der Waals surface area contributed by atoms with Crippen LogP contribution < -0.4 is 4.90 Å². The minimum absolute atomic E-state index is 0.0745. The fraction of sp³-hybridized carbons (Fsp3) is 0.500. The quantitative estimate of drug-likeness (QED) is 0.827. The summed E-state index contributed by atoms with van der Waals surface area (Å²) in [6.07, 6.45) is 0.741. The molecule has 1 rings (SSSR count). The molecule has 0 saturated heterocycles. The zero-order valence-electron chi connectivity index (χ0n) is 11.2. The van der Waals surface area contributed by atoms with E-state index < -0.39 is 17.6 Å². The highest BCUT2D eigenvalue weighted by Gasteiger charge is 2.14. The zero-order chi connectivity index (χ0) is 14.4. The number of aliphatic carboxylic acids is 1. The Labute approximate surface area is 111 Å². The number of carboxylic acid groups (broad SMARTS) is 1. The van der Waals surface area contributed by atoms with Crippen molar-refractivity contribution in [3.8, 4) is 0 Å². The number of hydrogen-bond donors (Lipinski definition) is 1. The van der Waals surface area contributed by atoms with Gasteiger partial charge in [0.15, 0.2) is 0 Å². The largest absolute Gasteiger partial charge is 0.481 e. The fourth-order valence-corrected chi connectivity index (χ4v) is 1.74. The molecular weight excluding hydrogens is 252 g/mol. The molecule has 106 valence electrons. The second-order valence-electron chi connectivity index (χ2n) is 4.91. The van der Waals surface area contributed by atoms with E-state index in [1.165, 1.54) is 12.1 Å². The first-order valence-corrected chi connectivity index (χ1v) is 6.32. The van der Waals surface area contributed by atoms with Crippen LogP contribution in [0.2, 0.25) is 0 Å². The van der Waals surface area contributed by atoms with Crippen LogP contribution in [-0.4, -0.2) is 24.2 Å². The normalized spacial score (nSPS) is 10.8. The Balaban J connectivity index is 2.83. The first-order valence-electron chi connectivity index (χ1n) is 6.32. The third-order valence-electron chi connectivity index (χ3n) is 2.82. The third kappa shape index (κ3) is 5.24. The van der Waals surface area contributed by atoms with Crippen molar-refractivity contribution in [2.75, 3.05) is 18.0 Å². The van der Waals surface area contributed by atoms with Gasteiger partial charge in [0.2, 0.25) is 0 Å². The van der Waals surface area contributed by atoms with Gasteiger partial charge in [0, 0.05) is 19.2 Å². The average molecular weight is 271 g/mol. The monoisotopic (exact) mass is 271 g/mol. The van der Waals surface area contributed by atoms with E-state index >= 15 is 0 Å². The standard InChI is InChI=1S/C14H19F2NO2/c1-10(2)5-7-17(8-6-14(18)19)13-4-3-11(15)9-12(13)16/h3-4,9-10H,5-8H2,1-2H3,(H,18,19). The fourth-order valence-electron chi connectivity index (χ4n) is 1.74. The Morgan fingerprint density at radius 3 is 2.53 bits per heavy atom. The summed E-state index contributed by atoms with van der Waals surface area (Å²) in [6, 6.07) is 3.35. The summed E-state index contributed by atoms with van der Waals surface area (Å²) >= 11 is 0. The molecule has 0 fully saturated rings. The molecule has 1 aromatic carbocycles. The van der Waals surface area contributed by atoms with E-state index in [9.17, 15) is 13.6 Å². The summed E-state index contributed by atoms with van der Waals surface area (Å²) < 4.78 is 26.6.